The lowest BCUT2D eigenvalue weighted by atomic mass is 10.2. The average Bonchev–Trinajstić information content (AvgIpc) is 2.31. The van der Waals surface area contributed by atoms with Gasteiger partial charge in [0.25, 0.3) is 0 Å². The van der Waals surface area contributed by atoms with Gasteiger partial charge in [0, 0.05) is 13.2 Å². The zero-order chi connectivity index (χ0) is 14.0. The quantitative estimate of drug-likeness (QED) is 0.632. The normalized spacial score (nSPS) is 11.5. The number of carbonyl (C=O) groups excluding carboxylic acids is 3. The molecular weight excluding hydrogens is 240 g/mol. The minimum Gasteiger partial charge on any atom is -0.436 e. The summed E-state index contributed by atoms with van der Waals surface area (Å²) in [5.41, 5.74) is 0. The van der Waals surface area contributed by atoms with Gasteiger partial charge in [-0.05, 0) is 20.8 Å². The molecule has 2 amide bonds. The zero-order valence-electron chi connectivity index (χ0n) is 10.9. The Morgan fingerprint density at radius 3 is 2.33 bits per heavy atom. The summed E-state index contributed by atoms with van der Waals surface area (Å²) in [5, 5.41) is 4.86. The Morgan fingerprint density at radius 1 is 1.17 bits per heavy atom. The Kier molecular flexibility index (Phi) is 8.55. The van der Waals surface area contributed by atoms with Gasteiger partial charge >= 0.3 is 6.09 Å². The number of hydrogen-bond donors (Lipinski definition) is 2. The molecule has 2 N–H and O–H groups in total. The summed E-state index contributed by atoms with van der Waals surface area (Å²) in [4.78, 5) is 33.6. The molecule has 0 saturated carbocycles. The molecule has 0 heterocycles. The van der Waals surface area contributed by atoms with E-state index >= 15 is 0 Å². The van der Waals surface area contributed by atoms with Crippen molar-refractivity contribution in [2.75, 3.05) is 26.3 Å². The second-order valence-corrected chi connectivity index (χ2v) is 3.48. The summed E-state index contributed by atoms with van der Waals surface area (Å²) in [7, 11) is 0. The first kappa shape index (κ1) is 16.4. The molecule has 7 nitrogen and oxygen atoms in total. The number of Topliss-reactive ketones (excluding diaryl/α,β-unsaturated/α-hetero) is 1. The summed E-state index contributed by atoms with van der Waals surface area (Å²) >= 11 is 0. The summed E-state index contributed by atoms with van der Waals surface area (Å²) < 4.78 is 9.74. The average molecular weight is 260 g/mol. The van der Waals surface area contributed by atoms with Crippen molar-refractivity contribution in [1.29, 1.82) is 0 Å². The third-order valence-electron chi connectivity index (χ3n) is 1.95. The lowest BCUT2D eigenvalue weighted by Gasteiger charge is -2.15. The Labute approximate surface area is 106 Å². The van der Waals surface area contributed by atoms with Crippen LogP contribution in [0.1, 0.15) is 20.8 Å². The lowest BCUT2D eigenvalue weighted by Crippen LogP contribution is -2.42. The Hall–Kier alpha value is -1.63. The molecule has 0 bridgehead atoms. The van der Waals surface area contributed by atoms with E-state index in [4.69, 9.17) is 9.47 Å². The third kappa shape index (κ3) is 7.61. The van der Waals surface area contributed by atoms with Gasteiger partial charge in [0.2, 0.25) is 5.91 Å². The summed E-state index contributed by atoms with van der Waals surface area (Å²) in [6.45, 7) is 5.48. The van der Waals surface area contributed by atoms with Crippen LogP contribution in [0.15, 0.2) is 0 Å². The molecule has 0 radical (unpaired) electrons. The van der Waals surface area contributed by atoms with Crippen molar-refractivity contribution in [1.82, 2.24) is 10.6 Å². The molecule has 1 unspecified atom stereocenters. The van der Waals surface area contributed by atoms with Crippen molar-refractivity contribution in [3.8, 4) is 0 Å². The van der Waals surface area contributed by atoms with E-state index in [0.717, 1.165) is 0 Å². The maximum atomic E-state index is 11.2. The van der Waals surface area contributed by atoms with E-state index in [-0.39, 0.29) is 24.8 Å². The first-order valence-electron chi connectivity index (χ1n) is 5.80. The van der Waals surface area contributed by atoms with Gasteiger partial charge in [-0.15, -0.1) is 0 Å². The van der Waals surface area contributed by atoms with Crippen molar-refractivity contribution >= 4 is 17.8 Å². The standard InChI is InChI=1S/C11H20N2O5/c1-4-12-11(16)18-9(8(3)14)6-13-10(15)7-17-5-2/h9H,4-7H2,1-3H3,(H,12,16)(H,13,15). The van der Waals surface area contributed by atoms with Gasteiger partial charge in [0.05, 0.1) is 6.54 Å². The number of ether oxygens (including phenoxy) is 2. The van der Waals surface area contributed by atoms with Gasteiger partial charge in [0.15, 0.2) is 11.9 Å². The fraction of sp³-hybridized carbons (Fsp3) is 0.727. The molecule has 104 valence electrons. The van der Waals surface area contributed by atoms with Crippen molar-refractivity contribution in [3.63, 3.8) is 0 Å². The molecule has 0 fully saturated rings. The Morgan fingerprint density at radius 2 is 1.83 bits per heavy atom. The van der Waals surface area contributed by atoms with Crippen LogP contribution in [-0.2, 0) is 19.1 Å². The first-order chi connectivity index (χ1) is 8.51. The van der Waals surface area contributed by atoms with Crippen LogP contribution in [0.5, 0.6) is 0 Å². The van der Waals surface area contributed by atoms with Gasteiger partial charge in [-0.3, -0.25) is 9.59 Å². The van der Waals surface area contributed by atoms with Gasteiger partial charge in [-0.1, -0.05) is 0 Å². The number of amides is 2. The minimum absolute atomic E-state index is 0.0572. The van der Waals surface area contributed by atoms with Crippen LogP contribution in [0.2, 0.25) is 0 Å². The van der Waals surface area contributed by atoms with Crippen molar-refractivity contribution < 1.29 is 23.9 Å². The summed E-state index contributed by atoms with van der Waals surface area (Å²) in [6.07, 6.45) is -1.67. The van der Waals surface area contributed by atoms with Gasteiger partial charge < -0.3 is 20.1 Å². The van der Waals surface area contributed by atoms with E-state index in [0.29, 0.717) is 13.2 Å². The molecule has 0 rings (SSSR count). The summed E-state index contributed by atoms with van der Waals surface area (Å²) in [6, 6.07) is 0. The monoisotopic (exact) mass is 260 g/mol. The molecular formula is C11H20N2O5. The molecule has 0 aromatic rings. The number of nitrogens with one attached hydrogen (secondary N) is 2. The highest BCUT2D eigenvalue weighted by atomic mass is 16.6. The predicted molar refractivity (Wildman–Crippen MR) is 64.1 cm³/mol. The largest absolute Gasteiger partial charge is 0.436 e. The number of carbonyl (C=O) groups is 3. The molecule has 0 spiro atoms. The SMILES string of the molecule is CCNC(=O)OC(CNC(=O)COCC)C(C)=O. The topological polar surface area (TPSA) is 93.7 Å². The number of alkyl carbamates (subject to hydrolysis) is 1. The molecule has 1 atom stereocenters. The van der Waals surface area contributed by atoms with Crippen molar-refractivity contribution in [2.24, 2.45) is 0 Å². The van der Waals surface area contributed by atoms with Gasteiger partial charge in [-0.25, -0.2) is 4.79 Å². The van der Waals surface area contributed by atoms with Crippen LogP contribution < -0.4 is 10.6 Å². The summed E-state index contributed by atoms with van der Waals surface area (Å²) in [5.74, 6) is -0.694. The molecule has 0 saturated heterocycles. The van der Waals surface area contributed by atoms with Crippen LogP contribution >= 0.6 is 0 Å². The van der Waals surface area contributed by atoms with E-state index in [9.17, 15) is 14.4 Å². The number of ketones is 1. The van der Waals surface area contributed by atoms with Gasteiger partial charge in [-0.2, -0.15) is 0 Å². The van der Waals surface area contributed by atoms with E-state index in [1.54, 1.807) is 13.8 Å². The molecule has 0 aromatic carbocycles. The molecule has 7 heteroatoms. The maximum Gasteiger partial charge on any atom is 0.407 e. The number of rotatable bonds is 8. The van der Waals surface area contributed by atoms with Crippen LogP contribution in [0.25, 0.3) is 0 Å². The van der Waals surface area contributed by atoms with Crippen LogP contribution in [0.3, 0.4) is 0 Å². The number of hydrogen-bond acceptors (Lipinski definition) is 5. The fourth-order valence-electron chi connectivity index (χ4n) is 1.04. The van der Waals surface area contributed by atoms with Crippen LogP contribution in [0.4, 0.5) is 4.79 Å². The zero-order valence-corrected chi connectivity index (χ0v) is 10.9. The smallest absolute Gasteiger partial charge is 0.407 e. The highest BCUT2D eigenvalue weighted by Gasteiger charge is 2.19. The highest BCUT2D eigenvalue weighted by molar-refractivity contribution is 5.84. The molecule has 18 heavy (non-hydrogen) atoms. The van der Waals surface area contributed by atoms with E-state index in [2.05, 4.69) is 10.6 Å². The van der Waals surface area contributed by atoms with E-state index in [1.807, 2.05) is 0 Å². The third-order valence-corrected chi connectivity index (χ3v) is 1.95. The van der Waals surface area contributed by atoms with E-state index < -0.39 is 12.2 Å². The van der Waals surface area contributed by atoms with Crippen LogP contribution in [-0.4, -0.2) is 50.2 Å². The molecule has 0 aliphatic heterocycles. The van der Waals surface area contributed by atoms with E-state index in [1.165, 1.54) is 6.92 Å². The molecule has 0 aliphatic rings. The predicted octanol–water partition coefficient (Wildman–Crippen LogP) is -0.157. The maximum absolute atomic E-state index is 11.2. The molecule has 0 aliphatic carbocycles. The minimum atomic E-state index is -0.984. The molecule has 0 aromatic heterocycles. The second-order valence-electron chi connectivity index (χ2n) is 3.48. The fourth-order valence-corrected chi connectivity index (χ4v) is 1.04. The van der Waals surface area contributed by atoms with Gasteiger partial charge in [0.1, 0.15) is 6.61 Å². The Balaban J connectivity index is 4.08. The highest BCUT2D eigenvalue weighted by Crippen LogP contribution is 1.94. The lowest BCUT2D eigenvalue weighted by molar-refractivity contribution is -0.128. The Bertz CT molecular complexity index is 293. The second kappa shape index (κ2) is 9.41. The van der Waals surface area contributed by atoms with Crippen LogP contribution in [0, 0.1) is 0 Å². The van der Waals surface area contributed by atoms with Crippen molar-refractivity contribution in [2.45, 2.75) is 26.9 Å². The first-order valence-corrected chi connectivity index (χ1v) is 5.80. The van der Waals surface area contributed by atoms with Crippen molar-refractivity contribution in [3.05, 3.63) is 0 Å².